The standard InChI is InChI=1S/C11H22N2O2/c1-9(10(14)15-11(2,3)4)13-7-5-12-6-8-13/h9,12H,5-8H2,1-4H3. The van der Waals surface area contributed by atoms with Gasteiger partial charge in [-0.2, -0.15) is 0 Å². The van der Waals surface area contributed by atoms with Crippen LogP contribution in [-0.4, -0.2) is 48.7 Å². The molecule has 0 radical (unpaired) electrons. The van der Waals surface area contributed by atoms with Crippen molar-refractivity contribution in [3.8, 4) is 0 Å². The molecule has 0 aromatic heterocycles. The zero-order valence-corrected chi connectivity index (χ0v) is 10.2. The van der Waals surface area contributed by atoms with Crippen molar-refractivity contribution in [2.45, 2.75) is 39.3 Å². The summed E-state index contributed by atoms with van der Waals surface area (Å²) in [6.07, 6.45) is 0. The van der Waals surface area contributed by atoms with E-state index in [4.69, 9.17) is 4.74 Å². The molecule has 1 aliphatic heterocycles. The predicted octanol–water partition coefficient (Wildman–Crippen LogP) is 0.622. The molecule has 0 spiro atoms. The van der Waals surface area contributed by atoms with E-state index in [1.54, 1.807) is 0 Å². The number of ether oxygens (including phenoxy) is 1. The fourth-order valence-electron chi connectivity index (χ4n) is 1.61. The van der Waals surface area contributed by atoms with Gasteiger partial charge in [-0.05, 0) is 27.7 Å². The number of piperazine rings is 1. The minimum atomic E-state index is -0.390. The number of carbonyl (C=O) groups excluding carboxylic acids is 1. The summed E-state index contributed by atoms with van der Waals surface area (Å²) < 4.78 is 5.35. The normalized spacial score (nSPS) is 21.1. The lowest BCUT2D eigenvalue weighted by Gasteiger charge is -2.33. The summed E-state index contributed by atoms with van der Waals surface area (Å²) in [6, 6.07) is -0.133. The lowest BCUT2D eigenvalue weighted by molar-refractivity contribution is -0.161. The highest BCUT2D eigenvalue weighted by Gasteiger charge is 2.27. The average molecular weight is 214 g/mol. The van der Waals surface area contributed by atoms with E-state index < -0.39 is 0 Å². The topological polar surface area (TPSA) is 41.6 Å². The minimum absolute atomic E-state index is 0.121. The zero-order valence-electron chi connectivity index (χ0n) is 10.2. The number of hydrogen-bond acceptors (Lipinski definition) is 4. The van der Waals surface area contributed by atoms with Gasteiger partial charge >= 0.3 is 5.97 Å². The molecular weight excluding hydrogens is 192 g/mol. The van der Waals surface area contributed by atoms with Gasteiger partial charge in [-0.25, -0.2) is 0 Å². The summed E-state index contributed by atoms with van der Waals surface area (Å²) in [5.74, 6) is -0.121. The molecule has 1 atom stereocenters. The van der Waals surface area contributed by atoms with Gasteiger partial charge in [-0.15, -0.1) is 0 Å². The van der Waals surface area contributed by atoms with Gasteiger partial charge in [-0.1, -0.05) is 0 Å². The quantitative estimate of drug-likeness (QED) is 0.684. The molecule has 1 N–H and O–H groups in total. The van der Waals surface area contributed by atoms with E-state index in [1.807, 2.05) is 27.7 Å². The molecule has 1 heterocycles. The van der Waals surface area contributed by atoms with Crippen LogP contribution in [0.15, 0.2) is 0 Å². The Balaban J connectivity index is 2.44. The van der Waals surface area contributed by atoms with Crippen LogP contribution in [0.5, 0.6) is 0 Å². The molecule has 0 amide bonds. The third-order valence-corrected chi connectivity index (χ3v) is 2.45. The van der Waals surface area contributed by atoms with Gasteiger partial charge in [0.1, 0.15) is 11.6 Å². The largest absolute Gasteiger partial charge is 0.459 e. The minimum Gasteiger partial charge on any atom is -0.459 e. The third kappa shape index (κ3) is 4.18. The number of nitrogens with zero attached hydrogens (tertiary/aromatic N) is 1. The van der Waals surface area contributed by atoms with E-state index in [-0.39, 0.29) is 17.6 Å². The van der Waals surface area contributed by atoms with Crippen molar-refractivity contribution in [3.63, 3.8) is 0 Å². The lowest BCUT2D eigenvalue weighted by Crippen LogP contribution is -2.51. The van der Waals surface area contributed by atoms with Crippen molar-refractivity contribution >= 4 is 5.97 Å². The first-order valence-corrected chi connectivity index (χ1v) is 5.58. The van der Waals surface area contributed by atoms with Gasteiger partial charge in [0.2, 0.25) is 0 Å². The maximum atomic E-state index is 11.8. The Bertz CT molecular complexity index is 217. The van der Waals surface area contributed by atoms with Crippen LogP contribution in [-0.2, 0) is 9.53 Å². The van der Waals surface area contributed by atoms with Crippen molar-refractivity contribution in [2.75, 3.05) is 26.2 Å². The Hall–Kier alpha value is -0.610. The molecule has 4 nitrogen and oxygen atoms in total. The summed E-state index contributed by atoms with van der Waals surface area (Å²) in [5, 5.41) is 3.26. The van der Waals surface area contributed by atoms with Crippen molar-refractivity contribution in [2.24, 2.45) is 0 Å². The number of carbonyl (C=O) groups is 1. The maximum absolute atomic E-state index is 11.8. The molecule has 0 saturated carbocycles. The Kier molecular flexibility index (Phi) is 4.11. The molecule has 88 valence electrons. The molecule has 0 aromatic rings. The van der Waals surface area contributed by atoms with E-state index in [2.05, 4.69) is 10.2 Å². The van der Waals surface area contributed by atoms with Crippen molar-refractivity contribution in [3.05, 3.63) is 0 Å². The summed E-state index contributed by atoms with van der Waals surface area (Å²) in [4.78, 5) is 13.9. The van der Waals surface area contributed by atoms with Gasteiger partial charge in [0, 0.05) is 26.2 Å². The van der Waals surface area contributed by atoms with E-state index in [9.17, 15) is 4.79 Å². The summed E-state index contributed by atoms with van der Waals surface area (Å²) in [6.45, 7) is 11.3. The number of hydrogen-bond donors (Lipinski definition) is 1. The molecule has 1 saturated heterocycles. The summed E-state index contributed by atoms with van der Waals surface area (Å²) in [5.41, 5.74) is -0.390. The van der Waals surface area contributed by atoms with Crippen LogP contribution in [0.3, 0.4) is 0 Å². The second kappa shape index (κ2) is 4.94. The van der Waals surface area contributed by atoms with E-state index in [0.29, 0.717) is 0 Å². The van der Waals surface area contributed by atoms with Gasteiger partial charge in [0.25, 0.3) is 0 Å². The van der Waals surface area contributed by atoms with Crippen LogP contribution in [0.4, 0.5) is 0 Å². The van der Waals surface area contributed by atoms with Crippen LogP contribution in [0.1, 0.15) is 27.7 Å². The van der Waals surface area contributed by atoms with E-state index in [0.717, 1.165) is 26.2 Å². The molecular formula is C11H22N2O2. The van der Waals surface area contributed by atoms with Gasteiger partial charge < -0.3 is 10.1 Å². The predicted molar refractivity (Wildman–Crippen MR) is 59.7 cm³/mol. The second-order valence-corrected chi connectivity index (χ2v) is 5.00. The van der Waals surface area contributed by atoms with Crippen LogP contribution < -0.4 is 5.32 Å². The fourth-order valence-corrected chi connectivity index (χ4v) is 1.61. The van der Waals surface area contributed by atoms with Gasteiger partial charge in [0.05, 0.1) is 0 Å². The highest BCUT2D eigenvalue weighted by Crippen LogP contribution is 2.11. The Morgan fingerprint density at radius 3 is 2.33 bits per heavy atom. The fraction of sp³-hybridized carbons (Fsp3) is 0.909. The second-order valence-electron chi connectivity index (χ2n) is 5.00. The van der Waals surface area contributed by atoms with Crippen molar-refractivity contribution in [1.29, 1.82) is 0 Å². The number of rotatable bonds is 2. The first kappa shape index (κ1) is 12.5. The van der Waals surface area contributed by atoms with Crippen molar-refractivity contribution < 1.29 is 9.53 Å². The van der Waals surface area contributed by atoms with Gasteiger partial charge in [0.15, 0.2) is 0 Å². The third-order valence-electron chi connectivity index (χ3n) is 2.45. The molecule has 4 heteroatoms. The highest BCUT2D eigenvalue weighted by atomic mass is 16.6. The maximum Gasteiger partial charge on any atom is 0.323 e. The van der Waals surface area contributed by atoms with Crippen molar-refractivity contribution in [1.82, 2.24) is 10.2 Å². The lowest BCUT2D eigenvalue weighted by atomic mass is 10.2. The SMILES string of the molecule is CC(C(=O)OC(C)(C)C)N1CCNCC1. The van der Waals surface area contributed by atoms with E-state index >= 15 is 0 Å². The molecule has 15 heavy (non-hydrogen) atoms. The molecule has 1 aliphatic rings. The highest BCUT2D eigenvalue weighted by molar-refractivity contribution is 5.75. The number of esters is 1. The van der Waals surface area contributed by atoms with Crippen LogP contribution >= 0.6 is 0 Å². The Morgan fingerprint density at radius 2 is 1.87 bits per heavy atom. The molecule has 0 aliphatic carbocycles. The summed E-state index contributed by atoms with van der Waals surface area (Å²) >= 11 is 0. The molecule has 1 unspecified atom stereocenters. The smallest absolute Gasteiger partial charge is 0.323 e. The molecule has 1 fully saturated rings. The Morgan fingerprint density at radius 1 is 1.33 bits per heavy atom. The van der Waals surface area contributed by atoms with Crippen LogP contribution in [0.2, 0.25) is 0 Å². The average Bonchev–Trinajstić information content (AvgIpc) is 2.15. The molecule has 0 bridgehead atoms. The van der Waals surface area contributed by atoms with E-state index in [1.165, 1.54) is 0 Å². The summed E-state index contributed by atoms with van der Waals surface area (Å²) in [7, 11) is 0. The van der Waals surface area contributed by atoms with Gasteiger partial charge in [-0.3, -0.25) is 9.69 Å². The van der Waals surface area contributed by atoms with Crippen LogP contribution in [0.25, 0.3) is 0 Å². The first-order valence-electron chi connectivity index (χ1n) is 5.58. The zero-order chi connectivity index (χ0) is 11.5. The molecule has 1 rings (SSSR count). The number of nitrogens with one attached hydrogen (secondary N) is 1. The Labute approximate surface area is 92.0 Å². The monoisotopic (exact) mass is 214 g/mol. The first-order chi connectivity index (χ1) is 6.90. The van der Waals surface area contributed by atoms with Crippen LogP contribution in [0, 0.1) is 0 Å². The molecule has 0 aromatic carbocycles.